The fourth-order valence-electron chi connectivity index (χ4n) is 9.17. The molecule has 0 saturated carbocycles. The van der Waals surface area contributed by atoms with Crippen molar-refractivity contribution in [3.8, 4) is 61.8 Å². The molecule has 8 nitrogen and oxygen atoms in total. The summed E-state index contributed by atoms with van der Waals surface area (Å²) in [6, 6.07) is 72.3. The summed E-state index contributed by atoms with van der Waals surface area (Å²) in [6.07, 6.45) is 0. The molecular formula is C62H36N8. The maximum atomic E-state index is 8.29. The summed E-state index contributed by atoms with van der Waals surface area (Å²) in [5.74, 6) is 0.381. The lowest BCUT2D eigenvalue weighted by molar-refractivity contribution is 1.18. The number of nitrogens with zero attached hydrogens (tertiary/aromatic N) is 8. The number of hydrogen-bond acceptors (Lipinski definition) is 3. The van der Waals surface area contributed by atoms with Crippen LogP contribution in [0.3, 0.4) is 0 Å². The number of benzene rings is 9. The highest BCUT2D eigenvalue weighted by atomic mass is 15.1. The van der Waals surface area contributed by atoms with E-state index in [2.05, 4.69) is 144 Å². The van der Waals surface area contributed by atoms with Crippen molar-refractivity contribution in [1.82, 2.24) is 14.5 Å². The zero-order chi connectivity index (χ0) is 47.6. The first-order chi connectivity index (χ1) is 34.5. The van der Waals surface area contributed by atoms with Crippen molar-refractivity contribution in [2.24, 2.45) is 0 Å². The van der Waals surface area contributed by atoms with Gasteiger partial charge in [-0.2, -0.15) is 0 Å². The fraction of sp³-hybridized carbons (Fsp3) is 0. The Hall–Kier alpha value is -10.4. The Morgan fingerprint density at radius 1 is 0.357 bits per heavy atom. The van der Waals surface area contributed by atoms with Crippen molar-refractivity contribution in [2.45, 2.75) is 0 Å². The van der Waals surface area contributed by atoms with Gasteiger partial charge in [0.1, 0.15) is 0 Å². The van der Waals surface area contributed by atoms with Gasteiger partial charge in [-0.25, -0.2) is 29.3 Å². The predicted molar refractivity (Wildman–Crippen MR) is 283 cm³/mol. The maximum Gasteiger partial charge on any atom is 0.187 e. The molecule has 0 atom stereocenters. The van der Waals surface area contributed by atoms with Crippen molar-refractivity contribution in [2.75, 3.05) is 4.90 Å². The molecule has 0 aliphatic heterocycles. The van der Waals surface area contributed by atoms with E-state index in [-0.39, 0.29) is 0 Å². The Morgan fingerprint density at radius 3 is 1.50 bits per heavy atom. The lowest BCUT2D eigenvalue weighted by Gasteiger charge is -2.25. The largest absolute Gasteiger partial charge is 0.310 e. The molecule has 9 aromatic carbocycles. The first-order valence-corrected chi connectivity index (χ1v) is 22.4. The van der Waals surface area contributed by atoms with E-state index in [1.807, 2.05) is 60.7 Å². The lowest BCUT2D eigenvalue weighted by Crippen LogP contribution is -2.09. The molecule has 0 unspecified atom stereocenters. The molecule has 2 heterocycles. The third-order valence-electron chi connectivity index (χ3n) is 12.4. The van der Waals surface area contributed by atoms with Crippen LogP contribution in [0.25, 0.3) is 103 Å². The number of fused-ring (bicyclic) bond motifs is 3. The number of aromatic nitrogens is 3. The molecule has 2 aromatic heterocycles. The number of para-hydroxylation sites is 3. The fourth-order valence-corrected chi connectivity index (χ4v) is 9.17. The van der Waals surface area contributed by atoms with E-state index in [0.29, 0.717) is 56.7 Å². The van der Waals surface area contributed by atoms with E-state index < -0.39 is 0 Å². The quantitative estimate of drug-likeness (QED) is 0.136. The van der Waals surface area contributed by atoms with Crippen LogP contribution in [-0.4, -0.2) is 14.5 Å². The summed E-state index contributed by atoms with van der Waals surface area (Å²) in [7, 11) is 0. The maximum absolute atomic E-state index is 8.29. The molecule has 0 fully saturated rings. The lowest BCUT2D eigenvalue weighted by atomic mass is 9.95. The molecule has 11 rings (SSSR count). The summed E-state index contributed by atoms with van der Waals surface area (Å²) in [6.45, 7) is 31.7. The molecule has 0 bridgehead atoms. The van der Waals surface area contributed by atoms with Crippen LogP contribution >= 0.6 is 0 Å². The van der Waals surface area contributed by atoms with Crippen LogP contribution in [0.15, 0.2) is 218 Å². The van der Waals surface area contributed by atoms with Gasteiger partial charge in [0, 0.05) is 39.1 Å². The van der Waals surface area contributed by atoms with Crippen molar-refractivity contribution in [1.29, 1.82) is 0 Å². The van der Waals surface area contributed by atoms with Gasteiger partial charge in [0.25, 0.3) is 0 Å². The number of hydrogen-bond donors (Lipinski definition) is 0. The molecule has 0 saturated heterocycles. The van der Waals surface area contributed by atoms with Gasteiger partial charge in [-0.15, -0.1) is 0 Å². The molecule has 324 valence electrons. The van der Waals surface area contributed by atoms with Crippen LogP contribution in [-0.2, 0) is 0 Å². The second kappa shape index (κ2) is 18.1. The van der Waals surface area contributed by atoms with E-state index in [1.54, 1.807) is 42.5 Å². The molecule has 8 heteroatoms. The highest BCUT2D eigenvalue weighted by Gasteiger charge is 2.20. The van der Waals surface area contributed by atoms with E-state index in [1.165, 1.54) is 5.39 Å². The monoisotopic (exact) mass is 892 g/mol. The standard InChI is InChI=1S/C62H36N8/c1-63-47-17-13-15-44(35-47)55-40-56(68-62(67-55)45-16-14-18-48(36-45)64-2)46-37-57(65-3)61(58(38-46)66-4)43-27-25-41(26-28-43)42-29-31-51(32-30-42)70-59-24-12-11-23-53(59)54-39-52(33-34-60(54)70)69(49-19-7-5-8-20-49)50-21-9-6-10-22-50/h5-40H. The highest BCUT2D eigenvalue weighted by molar-refractivity contribution is 6.10. The van der Waals surface area contributed by atoms with Crippen molar-refractivity contribution in [3.63, 3.8) is 0 Å². The Kier molecular flexibility index (Phi) is 10.9. The topological polar surface area (TPSA) is 51.4 Å². The average Bonchev–Trinajstić information content (AvgIpc) is 3.77. The van der Waals surface area contributed by atoms with E-state index in [4.69, 9.17) is 36.3 Å². The average molecular weight is 893 g/mol. The molecule has 70 heavy (non-hydrogen) atoms. The van der Waals surface area contributed by atoms with Gasteiger partial charge in [0.2, 0.25) is 0 Å². The van der Waals surface area contributed by atoms with Crippen LogP contribution in [0.1, 0.15) is 0 Å². The third kappa shape index (κ3) is 7.83. The zero-order valence-electron chi connectivity index (χ0n) is 37.4. The normalized spacial score (nSPS) is 10.8. The SMILES string of the molecule is [C-]#[N+]c1cccc(-c2cc(-c3cc([N+]#[C-])c(-c4ccc(-c5ccc(-n6c7ccccc7c7cc(N(c8ccccc8)c8ccccc8)ccc76)cc5)cc4)c([N+]#[C-])c3)nc(-c3cccc([N+]#[C-])c3)n2)c1. The van der Waals surface area contributed by atoms with E-state index in [9.17, 15) is 0 Å². The van der Waals surface area contributed by atoms with Crippen LogP contribution in [0.5, 0.6) is 0 Å². The van der Waals surface area contributed by atoms with Gasteiger partial charge in [-0.3, -0.25) is 0 Å². The molecule has 0 spiro atoms. The van der Waals surface area contributed by atoms with Crippen LogP contribution in [0.4, 0.5) is 39.8 Å². The van der Waals surface area contributed by atoms with Gasteiger partial charge in [0.15, 0.2) is 28.6 Å². The molecule has 0 aliphatic rings. The minimum atomic E-state index is 0.318. The third-order valence-corrected chi connectivity index (χ3v) is 12.4. The Morgan fingerprint density at radius 2 is 0.886 bits per heavy atom. The van der Waals surface area contributed by atoms with Gasteiger partial charge in [0.05, 0.1) is 48.7 Å². The molecular weight excluding hydrogens is 857 g/mol. The zero-order valence-corrected chi connectivity index (χ0v) is 37.4. The van der Waals surface area contributed by atoms with E-state index >= 15 is 0 Å². The van der Waals surface area contributed by atoms with Crippen molar-refractivity contribution < 1.29 is 0 Å². The molecule has 11 aromatic rings. The predicted octanol–water partition coefficient (Wildman–Crippen LogP) is 17.6. The summed E-state index contributed by atoms with van der Waals surface area (Å²) in [4.78, 5) is 27.1. The summed E-state index contributed by atoms with van der Waals surface area (Å²) < 4.78 is 2.32. The van der Waals surface area contributed by atoms with Gasteiger partial charge >= 0.3 is 0 Å². The van der Waals surface area contributed by atoms with Crippen LogP contribution in [0.2, 0.25) is 0 Å². The van der Waals surface area contributed by atoms with Crippen molar-refractivity contribution in [3.05, 3.63) is 264 Å². The Labute approximate surface area is 405 Å². The smallest absolute Gasteiger partial charge is 0.187 e. The summed E-state index contributed by atoms with van der Waals surface area (Å²) >= 11 is 0. The minimum absolute atomic E-state index is 0.318. The van der Waals surface area contributed by atoms with Gasteiger partial charge in [-0.1, -0.05) is 127 Å². The summed E-state index contributed by atoms with van der Waals surface area (Å²) in [5.41, 5.74) is 14.4. The van der Waals surface area contributed by atoms with Gasteiger partial charge in [-0.05, 0) is 124 Å². The van der Waals surface area contributed by atoms with Crippen LogP contribution in [0, 0.1) is 26.3 Å². The molecule has 0 radical (unpaired) electrons. The number of anilines is 3. The Balaban J connectivity index is 0.924. The van der Waals surface area contributed by atoms with Gasteiger partial charge < -0.3 is 9.47 Å². The minimum Gasteiger partial charge on any atom is -0.310 e. The molecule has 0 aliphatic carbocycles. The second-order valence-electron chi connectivity index (χ2n) is 16.6. The number of rotatable bonds is 9. The van der Waals surface area contributed by atoms with E-state index in [0.717, 1.165) is 61.4 Å². The first-order valence-electron chi connectivity index (χ1n) is 22.4. The first kappa shape index (κ1) is 42.3. The van der Waals surface area contributed by atoms with Crippen molar-refractivity contribution >= 4 is 61.6 Å². The molecule has 0 N–H and O–H groups in total. The summed E-state index contributed by atoms with van der Waals surface area (Å²) in [5, 5.41) is 2.33. The molecule has 0 amide bonds. The van der Waals surface area contributed by atoms with Crippen LogP contribution < -0.4 is 4.90 Å². The Bertz CT molecular complexity index is 3830. The second-order valence-corrected chi connectivity index (χ2v) is 16.6. The highest BCUT2D eigenvalue weighted by Crippen LogP contribution is 2.44.